The van der Waals surface area contributed by atoms with Gasteiger partial charge in [-0.1, -0.05) is 43.5 Å². The largest absolute Gasteiger partial charge is 0.460 e. The molecular formula is C41H62N4O13. The van der Waals surface area contributed by atoms with Gasteiger partial charge in [-0.05, 0) is 30.4 Å². The minimum atomic E-state index is -0.486. The number of imidazole rings is 1. The Morgan fingerprint density at radius 1 is 0.690 bits per heavy atom. The third-order valence-electron chi connectivity index (χ3n) is 9.25. The van der Waals surface area contributed by atoms with Gasteiger partial charge in [-0.3, -0.25) is 13.9 Å². The minimum Gasteiger partial charge on any atom is -0.460 e. The smallest absolute Gasteiger partial charge is 0.332 e. The van der Waals surface area contributed by atoms with Crippen LogP contribution in [0.25, 0.3) is 28.6 Å². The number of carbonyl (C=O) groups is 1. The minimum absolute atomic E-state index is 0.115. The summed E-state index contributed by atoms with van der Waals surface area (Å²) in [5.41, 5.74) is 1.47. The molecule has 58 heavy (non-hydrogen) atoms. The van der Waals surface area contributed by atoms with Crippen molar-refractivity contribution in [1.82, 2.24) is 19.1 Å². The highest BCUT2D eigenvalue weighted by atomic mass is 16.6. The van der Waals surface area contributed by atoms with Crippen LogP contribution in [0.5, 0.6) is 0 Å². The van der Waals surface area contributed by atoms with Gasteiger partial charge in [0.05, 0.1) is 112 Å². The SMILES string of the molecule is COCCOCCOCCOCCOCCOCCOCCOCCOCCOC(=O)C=Cc1ccc(-c2nc3c([nH]2)c(=O)n(CC2CCCCC2)c(=O)n3C)cc1. The van der Waals surface area contributed by atoms with Gasteiger partial charge in [0.15, 0.2) is 5.65 Å². The van der Waals surface area contributed by atoms with Crippen LogP contribution in [0.1, 0.15) is 37.7 Å². The first kappa shape index (κ1) is 46.9. The van der Waals surface area contributed by atoms with Crippen molar-refractivity contribution in [2.45, 2.75) is 38.6 Å². The second-order valence-electron chi connectivity index (χ2n) is 13.6. The quantitative estimate of drug-likeness (QED) is 0.0552. The zero-order valence-electron chi connectivity index (χ0n) is 34.2. The molecule has 1 N–H and O–H groups in total. The maximum atomic E-state index is 13.3. The third kappa shape index (κ3) is 17.6. The first-order valence-electron chi connectivity index (χ1n) is 20.2. The van der Waals surface area contributed by atoms with Gasteiger partial charge < -0.3 is 52.4 Å². The second-order valence-corrected chi connectivity index (χ2v) is 13.6. The van der Waals surface area contributed by atoms with E-state index in [-0.39, 0.29) is 24.5 Å². The summed E-state index contributed by atoms with van der Waals surface area (Å²) in [4.78, 5) is 46.2. The number of aryl methyl sites for hydroxylation is 1. The maximum Gasteiger partial charge on any atom is 0.332 e. The fourth-order valence-corrected chi connectivity index (χ4v) is 6.12. The average Bonchev–Trinajstić information content (AvgIpc) is 3.70. The molecule has 324 valence electrons. The summed E-state index contributed by atoms with van der Waals surface area (Å²) in [5.74, 6) is 0.335. The van der Waals surface area contributed by atoms with E-state index in [1.54, 1.807) is 20.2 Å². The Morgan fingerprint density at radius 3 is 1.64 bits per heavy atom. The number of nitrogens with zero attached hydrogens (tertiary/aromatic N) is 3. The number of hydrogen-bond donors (Lipinski definition) is 1. The van der Waals surface area contributed by atoms with Gasteiger partial charge in [-0.15, -0.1) is 0 Å². The van der Waals surface area contributed by atoms with Crippen molar-refractivity contribution in [3.63, 3.8) is 0 Å². The number of ether oxygens (including phenoxy) is 10. The van der Waals surface area contributed by atoms with Crippen LogP contribution in [0.2, 0.25) is 0 Å². The molecule has 1 aliphatic rings. The van der Waals surface area contributed by atoms with Gasteiger partial charge >= 0.3 is 11.7 Å². The Bertz CT molecular complexity index is 1720. The van der Waals surface area contributed by atoms with Crippen LogP contribution >= 0.6 is 0 Å². The third-order valence-corrected chi connectivity index (χ3v) is 9.25. The Hall–Kier alpha value is -3.78. The van der Waals surface area contributed by atoms with E-state index in [4.69, 9.17) is 47.4 Å². The van der Waals surface area contributed by atoms with E-state index in [1.165, 1.54) is 21.6 Å². The lowest BCUT2D eigenvalue weighted by Gasteiger charge is -2.22. The van der Waals surface area contributed by atoms with Crippen molar-refractivity contribution in [3.05, 3.63) is 56.7 Å². The van der Waals surface area contributed by atoms with Crippen molar-refractivity contribution in [2.24, 2.45) is 13.0 Å². The molecule has 1 aliphatic carbocycles. The van der Waals surface area contributed by atoms with Crippen LogP contribution in [0.3, 0.4) is 0 Å². The molecule has 1 fully saturated rings. The van der Waals surface area contributed by atoms with Crippen molar-refractivity contribution < 1.29 is 52.2 Å². The van der Waals surface area contributed by atoms with Crippen molar-refractivity contribution in [2.75, 3.05) is 126 Å². The topological polar surface area (TPSA) is 182 Å². The van der Waals surface area contributed by atoms with E-state index in [1.807, 2.05) is 24.3 Å². The fraction of sp³-hybridized carbons (Fsp3) is 0.659. The van der Waals surface area contributed by atoms with E-state index in [0.29, 0.717) is 135 Å². The molecule has 2 heterocycles. The Balaban J connectivity index is 0.953. The zero-order chi connectivity index (χ0) is 41.0. The van der Waals surface area contributed by atoms with Crippen molar-refractivity contribution >= 4 is 23.2 Å². The number of esters is 1. The summed E-state index contributed by atoms with van der Waals surface area (Å²) in [5, 5.41) is 0. The molecule has 0 aliphatic heterocycles. The van der Waals surface area contributed by atoms with E-state index in [2.05, 4.69) is 9.97 Å². The molecule has 0 atom stereocenters. The van der Waals surface area contributed by atoms with Gasteiger partial charge in [0.25, 0.3) is 5.56 Å². The van der Waals surface area contributed by atoms with Crippen LogP contribution in [-0.2, 0) is 65.8 Å². The van der Waals surface area contributed by atoms with Gasteiger partial charge in [-0.25, -0.2) is 14.6 Å². The number of benzene rings is 1. The summed E-state index contributed by atoms with van der Waals surface area (Å²) < 4.78 is 56.4. The van der Waals surface area contributed by atoms with Gasteiger partial charge in [0.2, 0.25) is 0 Å². The lowest BCUT2D eigenvalue weighted by Crippen LogP contribution is -2.41. The number of carbonyl (C=O) groups excluding carboxylic acids is 1. The fourth-order valence-electron chi connectivity index (χ4n) is 6.12. The Kier molecular flexibility index (Phi) is 23.1. The Morgan fingerprint density at radius 2 is 1.16 bits per heavy atom. The summed E-state index contributed by atoms with van der Waals surface area (Å²) in [7, 11) is 3.28. The van der Waals surface area contributed by atoms with Crippen LogP contribution in [0, 0.1) is 5.92 Å². The predicted molar refractivity (Wildman–Crippen MR) is 216 cm³/mol. The number of aromatic nitrogens is 4. The molecule has 1 saturated carbocycles. The van der Waals surface area contributed by atoms with Gasteiger partial charge in [0.1, 0.15) is 17.9 Å². The number of H-pyrrole nitrogens is 1. The summed E-state index contributed by atoms with van der Waals surface area (Å²) in [6, 6.07) is 7.33. The van der Waals surface area contributed by atoms with Crippen molar-refractivity contribution in [1.29, 1.82) is 0 Å². The number of nitrogens with one attached hydrogen (secondary N) is 1. The molecule has 0 unspecified atom stereocenters. The predicted octanol–water partition coefficient (Wildman–Crippen LogP) is 3.01. The number of fused-ring (bicyclic) bond motifs is 1. The molecule has 0 radical (unpaired) electrons. The number of methoxy groups -OCH3 is 1. The van der Waals surface area contributed by atoms with Crippen molar-refractivity contribution in [3.8, 4) is 11.4 Å². The number of hydrogen-bond acceptors (Lipinski definition) is 14. The lowest BCUT2D eigenvalue weighted by atomic mass is 9.89. The monoisotopic (exact) mass is 818 g/mol. The molecule has 0 saturated heterocycles. The van der Waals surface area contributed by atoms with Crippen LogP contribution in [0.15, 0.2) is 39.9 Å². The zero-order valence-corrected chi connectivity index (χ0v) is 34.2. The first-order chi connectivity index (χ1) is 28.5. The van der Waals surface area contributed by atoms with Crippen LogP contribution in [0.4, 0.5) is 0 Å². The molecular weight excluding hydrogens is 756 g/mol. The maximum absolute atomic E-state index is 13.3. The van der Waals surface area contributed by atoms with Gasteiger partial charge in [-0.2, -0.15) is 0 Å². The molecule has 1 aromatic carbocycles. The number of rotatable bonds is 32. The summed E-state index contributed by atoms with van der Waals surface area (Å²) in [6.07, 6.45) is 8.54. The highest BCUT2D eigenvalue weighted by Gasteiger charge is 2.20. The number of aromatic amines is 1. The molecule has 4 rings (SSSR count). The molecule has 2 aromatic heterocycles. The highest BCUT2D eigenvalue weighted by Crippen LogP contribution is 2.25. The normalized spacial score (nSPS) is 13.6. The van der Waals surface area contributed by atoms with Gasteiger partial charge in [0, 0.05) is 32.3 Å². The molecule has 0 spiro atoms. The molecule has 3 aromatic rings. The van der Waals surface area contributed by atoms with E-state index < -0.39 is 5.97 Å². The lowest BCUT2D eigenvalue weighted by molar-refractivity contribution is -0.139. The van der Waals surface area contributed by atoms with E-state index in [9.17, 15) is 14.4 Å². The molecule has 17 heteroatoms. The standard InChI is InChI=1S/C41H62N4O13/c1-44-39-37(40(47)45(41(44)48)32-34-6-4-3-5-7-34)42-38(43-39)35-11-8-33(9-12-35)10-13-36(46)58-31-30-57-29-28-56-27-26-55-25-24-54-23-22-53-21-20-52-19-18-51-17-16-50-15-14-49-2/h8-13,34H,3-7,14-32H2,1-2H3,(H,42,43). The average molecular weight is 819 g/mol. The highest BCUT2D eigenvalue weighted by molar-refractivity contribution is 5.87. The van der Waals surface area contributed by atoms with E-state index >= 15 is 0 Å². The molecule has 17 nitrogen and oxygen atoms in total. The first-order valence-corrected chi connectivity index (χ1v) is 20.2. The summed E-state index contributed by atoms with van der Waals surface area (Å²) >= 11 is 0. The Labute approximate surface area is 339 Å². The van der Waals surface area contributed by atoms with Crippen LogP contribution < -0.4 is 11.2 Å². The molecule has 0 bridgehead atoms. The molecule has 0 amide bonds. The van der Waals surface area contributed by atoms with E-state index in [0.717, 1.165) is 36.8 Å². The second kappa shape index (κ2) is 28.6. The van der Waals surface area contributed by atoms with Crippen LogP contribution in [-0.4, -0.2) is 151 Å². The summed E-state index contributed by atoms with van der Waals surface area (Å²) in [6.45, 7) is 8.56.